The predicted octanol–water partition coefficient (Wildman–Crippen LogP) is 2.15. The number of nitrogens with one attached hydrogen (secondary N) is 1. The third kappa shape index (κ3) is 6.94. The van der Waals surface area contributed by atoms with E-state index in [0.29, 0.717) is 43.6 Å². The van der Waals surface area contributed by atoms with Crippen molar-refractivity contribution in [1.82, 2.24) is 4.90 Å². The van der Waals surface area contributed by atoms with Crippen molar-refractivity contribution in [3.8, 4) is 0 Å². The highest BCUT2D eigenvalue weighted by atomic mass is 32.1. The zero-order valence-electron chi connectivity index (χ0n) is 13.8. The van der Waals surface area contributed by atoms with Gasteiger partial charge in [0.1, 0.15) is 0 Å². The smallest absolute Gasteiger partial charge is 0.338 e. The van der Waals surface area contributed by atoms with E-state index >= 15 is 0 Å². The molecule has 0 fully saturated rings. The molecule has 0 aliphatic heterocycles. The van der Waals surface area contributed by atoms with E-state index < -0.39 is 0 Å². The molecule has 0 radical (unpaired) electrons. The number of benzene rings is 1. The molecule has 1 aromatic rings. The molecule has 1 N–H and O–H groups in total. The fraction of sp³-hybridized carbons (Fsp3) is 0.500. The summed E-state index contributed by atoms with van der Waals surface area (Å²) in [5.41, 5.74) is 1.32. The molecular formula is C16H24N2O4S. The van der Waals surface area contributed by atoms with Crippen LogP contribution in [-0.4, -0.2) is 63.1 Å². The lowest BCUT2D eigenvalue weighted by atomic mass is 10.2. The number of carbonyl (C=O) groups excluding carboxylic acids is 1. The quantitative estimate of drug-likeness (QED) is 0.546. The second kappa shape index (κ2) is 10.9. The minimum atomic E-state index is -0.330. The van der Waals surface area contributed by atoms with Crippen molar-refractivity contribution in [3.05, 3.63) is 29.8 Å². The Labute approximate surface area is 142 Å². The number of anilines is 1. The van der Waals surface area contributed by atoms with Gasteiger partial charge in [0.25, 0.3) is 0 Å². The first-order valence-corrected chi connectivity index (χ1v) is 7.84. The number of hydrogen-bond acceptors (Lipinski definition) is 5. The fourth-order valence-electron chi connectivity index (χ4n) is 1.82. The zero-order chi connectivity index (χ0) is 17.1. The van der Waals surface area contributed by atoms with Gasteiger partial charge in [-0.05, 0) is 43.4 Å². The Bertz CT molecular complexity index is 485. The summed E-state index contributed by atoms with van der Waals surface area (Å²) in [6.07, 6.45) is 0. The lowest BCUT2D eigenvalue weighted by molar-refractivity contribution is 0.0526. The van der Waals surface area contributed by atoms with Gasteiger partial charge in [0.15, 0.2) is 5.11 Å². The van der Waals surface area contributed by atoms with Crippen LogP contribution in [0.2, 0.25) is 0 Å². The Hall–Kier alpha value is -1.70. The minimum absolute atomic E-state index is 0.330. The third-order valence-corrected chi connectivity index (χ3v) is 3.43. The highest BCUT2D eigenvalue weighted by Gasteiger charge is 2.10. The lowest BCUT2D eigenvalue weighted by Gasteiger charge is -2.25. The second-order valence-corrected chi connectivity index (χ2v) is 5.09. The van der Waals surface area contributed by atoms with Crippen LogP contribution in [0, 0.1) is 0 Å². The van der Waals surface area contributed by atoms with Crippen LogP contribution in [-0.2, 0) is 14.2 Å². The van der Waals surface area contributed by atoms with E-state index in [0.717, 1.165) is 5.69 Å². The van der Waals surface area contributed by atoms with Crippen LogP contribution >= 0.6 is 12.2 Å². The normalized spacial score (nSPS) is 10.2. The summed E-state index contributed by atoms with van der Waals surface area (Å²) in [5.74, 6) is -0.330. The monoisotopic (exact) mass is 340 g/mol. The highest BCUT2D eigenvalue weighted by Crippen LogP contribution is 2.11. The number of ether oxygens (including phenoxy) is 3. The Morgan fingerprint density at radius 3 is 2.17 bits per heavy atom. The van der Waals surface area contributed by atoms with Gasteiger partial charge in [0.05, 0.1) is 25.4 Å². The van der Waals surface area contributed by atoms with Gasteiger partial charge in [0.2, 0.25) is 0 Å². The van der Waals surface area contributed by atoms with Gasteiger partial charge in [-0.2, -0.15) is 0 Å². The molecule has 0 aromatic heterocycles. The van der Waals surface area contributed by atoms with Crippen molar-refractivity contribution in [2.24, 2.45) is 0 Å². The van der Waals surface area contributed by atoms with Gasteiger partial charge in [-0.1, -0.05) is 0 Å². The Morgan fingerprint density at radius 2 is 1.70 bits per heavy atom. The molecular weight excluding hydrogens is 316 g/mol. The summed E-state index contributed by atoms with van der Waals surface area (Å²) in [5, 5.41) is 3.74. The number of nitrogens with zero attached hydrogens (tertiary/aromatic N) is 1. The molecule has 23 heavy (non-hydrogen) atoms. The standard InChI is InChI=1S/C16H24N2O4S/c1-4-22-15(19)13-5-7-14(8-6-13)17-16(23)18(9-11-20-2)10-12-21-3/h5-8H,4,9-12H2,1-3H3,(H,17,23). The number of hydrogen-bond donors (Lipinski definition) is 1. The first-order chi connectivity index (χ1) is 11.1. The highest BCUT2D eigenvalue weighted by molar-refractivity contribution is 7.80. The largest absolute Gasteiger partial charge is 0.462 e. The van der Waals surface area contributed by atoms with E-state index in [1.165, 1.54) is 0 Å². The summed E-state index contributed by atoms with van der Waals surface area (Å²) in [6, 6.07) is 7.00. The van der Waals surface area contributed by atoms with E-state index in [4.69, 9.17) is 26.4 Å². The number of methoxy groups -OCH3 is 2. The first kappa shape index (κ1) is 19.3. The van der Waals surface area contributed by atoms with Gasteiger partial charge >= 0.3 is 5.97 Å². The molecule has 0 saturated heterocycles. The molecule has 0 atom stereocenters. The van der Waals surface area contributed by atoms with Crippen molar-refractivity contribution in [2.45, 2.75) is 6.92 Å². The van der Waals surface area contributed by atoms with E-state index in [-0.39, 0.29) is 5.97 Å². The molecule has 7 heteroatoms. The average Bonchev–Trinajstić information content (AvgIpc) is 2.55. The summed E-state index contributed by atoms with van der Waals surface area (Å²) in [7, 11) is 3.30. The van der Waals surface area contributed by atoms with Crippen LogP contribution in [0.25, 0.3) is 0 Å². The van der Waals surface area contributed by atoms with E-state index in [1.54, 1.807) is 45.4 Å². The van der Waals surface area contributed by atoms with Gasteiger partial charge in [-0.25, -0.2) is 4.79 Å². The number of esters is 1. The Balaban J connectivity index is 2.64. The van der Waals surface area contributed by atoms with Crippen molar-refractivity contribution in [3.63, 3.8) is 0 Å². The van der Waals surface area contributed by atoms with Gasteiger partial charge < -0.3 is 24.4 Å². The summed E-state index contributed by atoms with van der Waals surface area (Å²) in [4.78, 5) is 13.6. The Kier molecular flexibility index (Phi) is 9.20. The molecule has 0 aliphatic rings. The van der Waals surface area contributed by atoms with Crippen LogP contribution in [0.5, 0.6) is 0 Å². The van der Waals surface area contributed by atoms with Gasteiger partial charge in [-0.15, -0.1) is 0 Å². The van der Waals surface area contributed by atoms with Crippen LogP contribution in [0.3, 0.4) is 0 Å². The topological polar surface area (TPSA) is 60.0 Å². The molecule has 0 unspecified atom stereocenters. The molecule has 0 aliphatic carbocycles. The van der Waals surface area contributed by atoms with Crippen LogP contribution in [0.15, 0.2) is 24.3 Å². The molecule has 0 heterocycles. The van der Waals surface area contributed by atoms with Crippen LogP contribution in [0.4, 0.5) is 5.69 Å². The molecule has 128 valence electrons. The van der Waals surface area contributed by atoms with Crippen molar-refractivity contribution >= 4 is 29.0 Å². The molecule has 0 bridgehead atoms. The summed E-state index contributed by atoms with van der Waals surface area (Å²) < 4.78 is 15.1. The number of thiocarbonyl (C=S) groups is 1. The van der Waals surface area contributed by atoms with Crippen LogP contribution in [0.1, 0.15) is 17.3 Å². The fourth-order valence-corrected chi connectivity index (χ4v) is 2.12. The second-order valence-electron chi connectivity index (χ2n) is 4.70. The molecule has 6 nitrogen and oxygen atoms in total. The van der Waals surface area contributed by atoms with E-state index in [9.17, 15) is 4.79 Å². The van der Waals surface area contributed by atoms with Gasteiger partial charge in [-0.3, -0.25) is 0 Å². The molecule has 0 amide bonds. The maximum Gasteiger partial charge on any atom is 0.338 e. The van der Waals surface area contributed by atoms with E-state index in [1.807, 2.05) is 4.90 Å². The first-order valence-electron chi connectivity index (χ1n) is 7.43. The average molecular weight is 340 g/mol. The SMILES string of the molecule is CCOC(=O)c1ccc(NC(=S)N(CCOC)CCOC)cc1. The Morgan fingerprint density at radius 1 is 1.13 bits per heavy atom. The molecule has 1 rings (SSSR count). The van der Waals surface area contributed by atoms with E-state index in [2.05, 4.69) is 5.32 Å². The van der Waals surface area contributed by atoms with Crippen molar-refractivity contribution in [1.29, 1.82) is 0 Å². The summed E-state index contributed by atoms with van der Waals surface area (Å²) in [6.45, 7) is 4.64. The predicted molar refractivity (Wildman–Crippen MR) is 93.9 cm³/mol. The van der Waals surface area contributed by atoms with Crippen LogP contribution < -0.4 is 5.32 Å². The van der Waals surface area contributed by atoms with Crippen molar-refractivity contribution < 1.29 is 19.0 Å². The number of rotatable bonds is 9. The van der Waals surface area contributed by atoms with Crippen molar-refractivity contribution in [2.75, 3.05) is 52.4 Å². The molecule has 0 spiro atoms. The maximum absolute atomic E-state index is 11.6. The third-order valence-electron chi connectivity index (χ3n) is 3.07. The molecule has 1 aromatic carbocycles. The zero-order valence-corrected chi connectivity index (χ0v) is 14.6. The summed E-state index contributed by atoms with van der Waals surface area (Å²) >= 11 is 5.42. The van der Waals surface area contributed by atoms with Gasteiger partial charge in [0, 0.05) is 33.0 Å². The number of carbonyl (C=O) groups is 1. The lowest BCUT2D eigenvalue weighted by Crippen LogP contribution is -2.39. The maximum atomic E-state index is 11.6. The minimum Gasteiger partial charge on any atom is -0.462 e. The molecule has 0 saturated carbocycles.